The van der Waals surface area contributed by atoms with E-state index in [1.54, 1.807) is 0 Å². The van der Waals surface area contributed by atoms with E-state index in [2.05, 4.69) is 11.1 Å². The van der Waals surface area contributed by atoms with Gasteiger partial charge in [-0.15, -0.1) is 0 Å². The van der Waals surface area contributed by atoms with Crippen LogP contribution in [0.3, 0.4) is 0 Å². The summed E-state index contributed by atoms with van der Waals surface area (Å²) in [5.74, 6) is 1.59. The van der Waals surface area contributed by atoms with Gasteiger partial charge in [0.15, 0.2) is 0 Å². The molecule has 2 atom stereocenters. The van der Waals surface area contributed by atoms with Crippen LogP contribution >= 0.6 is 0 Å². The maximum Gasteiger partial charge on any atom is 0.0422 e. The molecule has 1 heterocycles. The van der Waals surface area contributed by atoms with Crippen molar-refractivity contribution in [2.75, 3.05) is 0 Å². The van der Waals surface area contributed by atoms with E-state index in [1.165, 1.54) is 19.3 Å². The van der Waals surface area contributed by atoms with Crippen LogP contribution < -0.4 is 5.73 Å². The molecule has 0 amide bonds. The van der Waals surface area contributed by atoms with E-state index in [0.29, 0.717) is 0 Å². The highest BCUT2D eigenvalue weighted by Crippen LogP contribution is 2.60. The van der Waals surface area contributed by atoms with Gasteiger partial charge in [-0.2, -0.15) is 0 Å². The Bertz CT molecular complexity index is 323. The molecule has 2 fully saturated rings. The lowest BCUT2D eigenvalue weighted by atomic mass is 10.0. The molecular weight excluding hydrogens is 172 g/mol. The van der Waals surface area contributed by atoms with Crippen molar-refractivity contribution in [1.29, 1.82) is 0 Å². The number of pyridine rings is 1. The van der Waals surface area contributed by atoms with Crippen LogP contribution in [0.15, 0.2) is 24.4 Å². The summed E-state index contributed by atoms with van der Waals surface area (Å²) >= 11 is 0. The predicted molar refractivity (Wildman–Crippen MR) is 55.7 cm³/mol. The van der Waals surface area contributed by atoms with Crippen LogP contribution in [0.2, 0.25) is 0 Å². The Morgan fingerprint density at radius 1 is 1.36 bits per heavy atom. The van der Waals surface area contributed by atoms with Gasteiger partial charge in [-0.25, -0.2) is 0 Å². The molecule has 0 bridgehead atoms. The first kappa shape index (κ1) is 8.42. The summed E-state index contributed by atoms with van der Waals surface area (Å²) in [6.45, 7) is 0. The van der Waals surface area contributed by atoms with Crippen molar-refractivity contribution in [3.63, 3.8) is 0 Å². The third-order valence-corrected chi connectivity index (χ3v) is 4.00. The van der Waals surface area contributed by atoms with Gasteiger partial charge in [0, 0.05) is 23.9 Å². The fourth-order valence-electron chi connectivity index (χ4n) is 3.21. The highest BCUT2D eigenvalue weighted by Gasteiger charge is 2.63. The zero-order valence-corrected chi connectivity index (χ0v) is 8.32. The van der Waals surface area contributed by atoms with Crippen LogP contribution in [0.4, 0.5) is 0 Å². The minimum atomic E-state index is 0.104. The van der Waals surface area contributed by atoms with E-state index in [0.717, 1.165) is 24.0 Å². The Morgan fingerprint density at radius 3 is 2.79 bits per heavy atom. The van der Waals surface area contributed by atoms with Crippen molar-refractivity contribution in [2.45, 2.75) is 31.2 Å². The minimum absolute atomic E-state index is 0.104. The average Bonchev–Trinajstić information content (AvgIpc) is 2.64. The van der Waals surface area contributed by atoms with Crippen LogP contribution in [0, 0.1) is 11.8 Å². The number of hydrogen-bond acceptors (Lipinski definition) is 2. The molecule has 2 nitrogen and oxygen atoms in total. The third kappa shape index (κ3) is 1.10. The Morgan fingerprint density at radius 2 is 2.14 bits per heavy atom. The molecule has 2 unspecified atom stereocenters. The first-order valence-electron chi connectivity index (χ1n) is 5.49. The molecular formula is C12H16N2. The molecule has 1 aromatic heterocycles. The lowest BCUT2D eigenvalue weighted by Gasteiger charge is -2.14. The Balaban J connectivity index is 1.75. The molecule has 2 heteroatoms. The molecule has 1 aromatic rings. The average molecular weight is 188 g/mol. The SMILES string of the molecule is NC1(Cc2ccccn2)C2CCCC21. The fourth-order valence-corrected chi connectivity index (χ4v) is 3.21. The molecule has 0 aliphatic heterocycles. The van der Waals surface area contributed by atoms with Gasteiger partial charge >= 0.3 is 0 Å². The van der Waals surface area contributed by atoms with Gasteiger partial charge in [0.05, 0.1) is 0 Å². The van der Waals surface area contributed by atoms with Crippen LogP contribution in [0.25, 0.3) is 0 Å². The van der Waals surface area contributed by atoms with E-state index in [-0.39, 0.29) is 5.54 Å². The van der Waals surface area contributed by atoms with Crippen molar-refractivity contribution < 1.29 is 0 Å². The molecule has 0 radical (unpaired) electrons. The van der Waals surface area contributed by atoms with E-state index < -0.39 is 0 Å². The van der Waals surface area contributed by atoms with Crippen molar-refractivity contribution in [3.05, 3.63) is 30.1 Å². The Labute approximate surface area is 84.5 Å². The molecule has 2 aliphatic carbocycles. The monoisotopic (exact) mass is 188 g/mol. The highest BCUT2D eigenvalue weighted by molar-refractivity contribution is 5.23. The Kier molecular flexibility index (Phi) is 1.68. The van der Waals surface area contributed by atoms with Crippen LogP contribution in [0.1, 0.15) is 25.0 Å². The summed E-state index contributed by atoms with van der Waals surface area (Å²) in [6.07, 6.45) is 6.90. The number of aromatic nitrogens is 1. The molecule has 2 aliphatic rings. The third-order valence-electron chi connectivity index (χ3n) is 4.00. The summed E-state index contributed by atoms with van der Waals surface area (Å²) in [5.41, 5.74) is 7.65. The first-order chi connectivity index (χ1) is 6.81. The molecule has 0 spiro atoms. The second-order valence-corrected chi connectivity index (χ2v) is 4.75. The second-order valence-electron chi connectivity index (χ2n) is 4.75. The van der Waals surface area contributed by atoms with E-state index in [9.17, 15) is 0 Å². The number of nitrogens with zero attached hydrogens (tertiary/aromatic N) is 1. The quantitative estimate of drug-likeness (QED) is 0.768. The number of rotatable bonds is 2. The normalized spacial score (nSPS) is 39.5. The van der Waals surface area contributed by atoms with Gasteiger partial charge in [-0.1, -0.05) is 12.5 Å². The summed E-state index contributed by atoms with van der Waals surface area (Å²) in [4.78, 5) is 4.35. The van der Waals surface area contributed by atoms with Crippen LogP contribution in [-0.4, -0.2) is 10.5 Å². The first-order valence-corrected chi connectivity index (χ1v) is 5.49. The van der Waals surface area contributed by atoms with Crippen LogP contribution in [-0.2, 0) is 6.42 Å². The highest BCUT2D eigenvalue weighted by atomic mass is 14.9. The Hall–Kier alpha value is -0.890. The zero-order valence-electron chi connectivity index (χ0n) is 8.32. The zero-order chi connectivity index (χ0) is 9.60. The van der Waals surface area contributed by atoms with E-state index in [1.807, 2.05) is 18.3 Å². The molecule has 0 aromatic carbocycles. The molecule has 2 N–H and O–H groups in total. The fraction of sp³-hybridized carbons (Fsp3) is 0.583. The van der Waals surface area contributed by atoms with E-state index in [4.69, 9.17) is 5.73 Å². The number of hydrogen-bond donors (Lipinski definition) is 1. The maximum atomic E-state index is 6.39. The van der Waals surface area contributed by atoms with E-state index >= 15 is 0 Å². The molecule has 0 saturated heterocycles. The van der Waals surface area contributed by atoms with Gasteiger partial charge in [-0.05, 0) is 36.8 Å². The lowest BCUT2D eigenvalue weighted by molar-refractivity contribution is 0.497. The van der Waals surface area contributed by atoms with Gasteiger partial charge in [0.1, 0.15) is 0 Å². The molecule has 74 valence electrons. The van der Waals surface area contributed by atoms with Gasteiger partial charge in [-0.3, -0.25) is 4.98 Å². The summed E-state index contributed by atoms with van der Waals surface area (Å²) < 4.78 is 0. The molecule has 2 saturated carbocycles. The second kappa shape index (κ2) is 2.80. The van der Waals surface area contributed by atoms with Gasteiger partial charge < -0.3 is 5.73 Å². The lowest BCUT2D eigenvalue weighted by Crippen LogP contribution is -2.31. The molecule has 3 rings (SSSR count). The summed E-state index contributed by atoms with van der Waals surface area (Å²) in [5, 5.41) is 0. The van der Waals surface area contributed by atoms with Crippen molar-refractivity contribution in [2.24, 2.45) is 17.6 Å². The topological polar surface area (TPSA) is 38.9 Å². The summed E-state index contributed by atoms with van der Waals surface area (Å²) in [6, 6.07) is 6.09. The maximum absolute atomic E-state index is 6.39. The smallest absolute Gasteiger partial charge is 0.0422 e. The van der Waals surface area contributed by atoms with Gasteiger partial charge in [0.2, 0.25) is 0 Å². The number of fused-ring (bicyclic) bond motifs is 1. The van der Waals surface area contributed by atoms with Gasteiger partial charge in [0.25, 0.3) is 0 Å². The largest absolute Gasteiger partial charge is 0.324 e. The van der Waals surface area contributed by atoms with Crippen molar-refractivity contribution in [1.82, 2.24) is 4.98 Å². The predicted octanol–water partition coefficient (Wildman–Crippen LogP) is 1.75. The van der Waals surface area contributed by atoms with Crippen molar-refractivity contribution in [3.8, 4) is 0 Å². The summed E-state index contributed by atoms with van der Waals surface area (Å²) in [7, 11) is 0. The standard InChI is InChI=1S/C12H16N2/c13-12(10-5-3-6-11(10)12)8-9-4-1-2-7-14-9/h1-2,4,7,10-11H,3,5-6,8,13H2. The molecule has 14 heavy (non-hydrogen) atoms. The number of nitrogens with two attached hydrogens (primary N) is 1. The van der Waals surface area contributed by atoms with Crippen molar-refractivity contribution >= 4 is 0 Å². The van der Waals surface area contributed by atoms with Crippen LogP contribution in [0.5, 0.6) is 0 Å². The minimum Gasteiger partial charge on any atom is -0.324 e.